The second-order valence-corrected chi connectivity index (χ2v) is 4.97. The number of rotatable bonds is 5. The quantitative estimate of drug-likeness (QED) is 0.892. The summed E-state index contributed by atoms with van der Waals surface area (Å²) in [5.41, 5.74) is 2.03. The molecule has 4 nitrogen and oxygen atoms in total. The fourth-order valence-corrected chi connectivity index (χ4v) is 1.92. The van der Waals surface area contributed by atoms with Crippen molar-refractivity contribution in [2.24, 2.45) is 0 Å². The minimum atomic E-state index is -0.793. The molecule has 0 bridgehead atoms. The number of carboxylic acids is 1. The maximum absolute atomic E-state index is 10.5. The monoisotopic (exact) mass is 308 g/mol. The standard InChI is InChI=1S/C13H13BrN2O2/c14-10-3-1-9(2-4-10)7-12-15-8-11(16-12)5-6-13(17)18/h1-4,8H,5-7H2,(H,15,16)(H,17,18). The third-order valence-corrected chi connectivity index (χ3v) is 3.10. The van der Waals surface area contributed by atoms with Crippen LogP contribution in [-0.4, -0.2) is 21.0 Å². The molecule has 1 heterocycles. The van der Waals surface area contributed by atoms with E-state index in [4.69, 9.17) is 5.11 Å². The van der Waals surface area contributed by atoms with Crippen LogP contribution >= 0.6 is 15.9 Å². The van der Waals surface area contributed by atoms with Crippen molar-refractivity contribution in [2.45, 2.75) is 19.3 Å². The third kappa shape index (κ3) is 3.70. The van der Waals surface area contributed by atoms with Crippen LogP contribution in [0.3, 0.4) is 0 Å². The van der Waals surface area contributed by atoms with Gasteiger partial charge in [-0.05, 0) is 24.1 Å². The summed E-state index contributed by atoms with van der Waals surface area (Å²) >= 11 is 3.39. The molecule has 0 unspecified atom stereocenters. The van der Waals surface area contributed by atoms with Gasteiger partial charge in [0, 0.05) is 22.8 Å². The molecule has 0 atom stereocenters. The second-order valence-electron chi connectivity index (χ2n) is 4.05. The van der Waals surface area contributed by atoms with E-state index in [1.165, 1.54) is 0 Å². The summed E-state index contributed by atoms with van der Waals surface area (Å²) in [7, 11) is 0. The van der Waals surface area contributed by atoms with Crippen LogP contribution < -0.4 is 0 Å². The van der Waals surface area contributed by atoms with Gasteiger partial charge in [-0.25, -0.2) is 4.98 Å². The molecule has 5 heteroatoms. The van der Waals surface area contributed by atoms with Gasteiger partial charge in [0.15, 0.2) is 0 Å². The van der Waals surface area contributed by atoms with Crippen LogP contribution in [0.2, 0.25) is 0 Å². The Hall–Kier alpha value is -1.62. The Bertz CT molecular complexity index is 534. The van der Waals surface area contributed by atoms with E-state index in [1.807, 2.05) is 24.3 Å². The number of imidazole rings is 1. The van der Waals surface area contributed by atoms with Crippen LogP contribution in [0.1, 0.15) is 23.5 Å². The highest BCUT2D eigenvalue weighted by Crippen LogP contribution is 2.13. The first-order chi connectivity index (χ1) is 8.63. The summed E-state index contributed by atoms with van der Waals surface area (Å²) in [6, 6.07) is 8.04. The van der Waals surface area contributed by atoms with Gasteiger partial charge in [0.2, 0.25) is 0 Å². The van der Waals surface area contributed by atoms with Gasteiger partial charge in [0.25, 0.3) is 0 Å². The highest BCUT2D eigenvalue weighted by molar-refractivity contribution is 9.10. The number of hydrogen-bond acceptors (Lipinski definition) is 2. The molecule has 2 rings (SSSR count). The fraction of sp³-hybridized carbons (Fsp3) is 0.231. The number of benzene rings is 1. The van der Waals surface area contributed by atoms with Gasteiger partial charge in [-0.15, -0.1) is 0 Å². The molecule has 0 spiro atoms. The van der Waals surface area contributed by atoms with Crippen molar-refractivity contribution in [1.82, 2.24) is 9.97 Å². The fourth-order valence-electron chi connectivity index (χ4n) is 1.66. The summed E-state index contributed by atoms with van der Waals surface area (Å²) in [5.74, 6) is 0.0665. The topological polar surface area (TPSA) is 66.0 Å². The number of nitrogens with zero attached hydrogens (tertiary/aromatic N) is 1. The first-order valence-corrected chi connectivity index (χ1v) is 6.42. The number of aryl methyl sites for hydroxylation is 1. The molecule has 0 aliphatic carbocycles. The first kappa shape index (κ1) is 12.8. The van der Waals surface area contributed by atoms with Crippen molar-refractivity contribution in [3.63, 3.8) is 0 Å². The number of aromatic amines is 1. The molecule has 0 saturated heterocycles. The maximum atomic E-state index is 10.5. The van der Waals surface area contributed by atoms with Crippen molar-refractivity contribution in [3.05, 3.63) is 52.0 Å². The van der Waals surface area contributed by atoms with Gasteiger partial charge in [0.1, 0.15) is 5.82 Å². The number of halogens is 1. The first-order valence-electron chi connectivity index (χ1n) is 5.62. The molecule has 0 saturated carbocycles. The number of aromatic nitrogens is 2. The number of hydrogen-bond donors (Lipinski definition) is 2. The molecular formula is C13H13BrN2O2. The summed E-state index contributed by atoms with van der Waals surface area (Å²) < 4.78 is 1.05. The Morgan fingerprint density at radius 3 is 2.72 bits per heavy atom. The van der Waals surface area contributed by atoms with E-state index in [2.05, 4.69) is 25.9 Å². The van der Waals surface area contributed by atoms with E-state index in [-0.39, 0.29) is 6.42 Å². The summed E-state index contributed by atoms with van der Waals surface area (Å²) in [4.78, 5) is 17.9. The average molecular weight is 309 g/mol. The summed E-state index contributed by atoms with van der Waals surface area (Å²) in [6.07, 6.45) is 3.04. The van der Waals surface area contributed by atoms with Crippen LogP contribution in [-0.2, 0) is 17.6 Å². The highest BCUT2D eigenvalue weighted by atomic mass is 79.9. The van der Waals surface area contributed by atoms with Gasteiger partial charge in [-0.1, -0.05) is 28.1 Å². The number of carbonyl (C=O) groups is 1. The molecule has 0 aliphatic rings. The number of carboxylic acid groups (broad SMARTS) is 1. The van der Waals surface area contributed by atoms with E-state index in [0.29, 0.717) is 6.42 Å². The van der Waals surface area contributed by atoms with Crippen LogP contribution in [0.5, 0.6) is 0 Å². The molecule has 1 aromatic heterocycles. The molecule has 2 N–H and O–H groups in total. The molecule has 0 radical (unpaired) electrons. The maximum Gasteiger partial charge on any atom is 0.303 e. The Morgan fingerprint density at radius 2 is 2.06 bits per heavy atom. The lowest BCUT2D eigenvalue weighted by atomic mass is 10.1. The van der Waals surface area contributed by atoms with Crippen LogP contribution in [0, 0.1) is 0 Å². The van der Waals surface area contributed by atoms with Crippen molar-refractivity contribution in [3.8, 4) is 0 Å². The van der Waals surface area contributed by atoms with Crippen molar-refractivity contribution >= 4 is 21.9 Å². The molecular weight excluding hydrogens is 296 g/mol. The highest BCUT2D eigenvalue weighted by Gasteiger charge is 2.04. The zero-order valence-electron chi connectivity index (χ0n) is 9.69. The van der Waals surface area contributed by atoms with Gasteiger partial charge >= 0.3 is 5.97 Å². The Labute approximate surface area is 113 Å². The Morgan fingerprint density at radius 1 is 1.33 bits per heavy atom. The Balaban J connectivity index is 1.97. The van der Waals surface area contributed by atoms with Crippen LogP contribution in [0.25, 0.3) is 0 Å². The van der Waals surface area contributed by atoms with Crippen LogP contribution in [0.4, 0.5) is 0 Å². The number of nitrogens with one attached hydrogen (secondary N) is 1. The number of aliphatic carboxylic acids is 1. The summed E-state index contributed by atoms with van der Waals surface area (Å²) in [6.45, 7) is 0. The van der Waals surface area contributed by atoms with Crippen LogP contribution in [0.15, 0.2) is 34.9 Å². The Kier molecular flexibility index (Phi) is 4.15. The zero-order chi connectivity index (χ0) is 13.0. The summed E-state index contributed by atoms with van der Waals surface area (Å²) in [5, 5.41) is 8.60. The molecule has 0 aliphatic heterocycles. The van der Waals surface area contributed by atoms with Gasteiger partial charge < -0.3 is 10.1 Å². The normalized spacial score (nSPS) is 10.5. The predicted octanol–water partition coefficient (Wildman–Crippen LogP) is 2.78. The van der Waals surface area contributed by atoms with E-state index in [0.717, 1.165) is 28.0 Å². The minimum Gasteiger partial charge on any atom is -0.481 e. The van der Waals surface area contributed by atoms with Crippen molar-refractivity contribution in [1.29, 1.82) is 0 Å². The largest absolute Gasteiger partial charge is 0.481 e. The molecule has 94 valence electrons. The van der Waals surface area contributed by atoms with Crippen molar-refractivity contribution in [2.75, 3.05) is 0 Å². The van der Waals surface area contributed by atoms with Gasteiger partial charge in [-0.2, -0.15) is 0 Å². The molecule has 0 fully saturated rings. The van der Waals surface area contributed by atoms with E-state index >= 15 is 0 Å². The van der Waals surface area contributed by atoms with Gasteiger partial charge in [0.05, 0.1) is 6.42 Å². The van der Waals surface area contributed by atoms with E-state index < -0.39 is 5.97 Å². The molecule has 2 aromatic rings. The minimum absolute atomic E-state index is 0.125. The van der Waals surface area contributed by atoms with Gasteiger partial charge in [-0.3, -0.25) is 4.79 Å². The van der Waals surface area contributed by atoms with E-state index in [9.17, 15) is 4.79 Å². The zero-order valence-corrected chi connectivity index (χ0v) is 11.3. The molecule has 0 amide bonds. The van der Waals surface area contributed by atoms with Crippen molar-refractivity contribution < 1.29 is 9.90 Å². The lowest BCUT2D eigenvalue weighted by Crippen LogP contribution is -1.98. The molecule has 1 aromatic carbocycles. The number of H-pyrrole nitrogens is 1. The lowest BCUT2D eigenvalue weighted by Gasteiger charge is -1.98. The second kappa shape index (κ2) is 5.82. The third-order valence-electron chi connectivity index (χ3n) is 2.57. The average Bonchev–Trinajstić information content (AvgIpc) is 2.77. The lowest BCUT2D eigenvalue weighted by molar-refractivity contribution is -0.136. The smallest absolute Gasteiger partial charge is 0.303 e. The van der Waals surface area contributed by atoms with E-state index in [1.54, 1.807) is 6.20 Å². The molecule has 18 heavy (non-hydrogen) atoms. The predicted molar refractivity (Wildman–Crippen MR) is 71.5 cm³/mol. The SMILES string of the molecule is O=C(O)CCc1cnc(Cc2ccc(Br)cc2)[nH]1.